The number of allylic oxidation sites excluding steroid dienone is 5. The van der Waals surface area contributed by atoms with E-state index in [4.69, 9.17) is 5.41 Å². The first-order valence-corrected chi connectivity index (χ1v) is 6.14. The van der Waals surface area contributed by atoms with Gasteiger partial charge in [0.25, 0.3) is 0 Å². The van der Waals surface area contributed by atoms with Crippen LogP contribution in [0.15, 0.2) is 48.1 Å². The second-order valence-electron chi connectivity index (χ2n) is 4.25. The van der Waals surface area contributed by atoms with Crippen LogP contribution in [0.2, 0.25) is 0 Å². The number of hydrogen-bond acceptors (Lipinski definition) is 1. The van der Waals surface area contributed by atoms with Gasteiger partial charge in [-0.15, -0.1) is 0 Å². The Labute approximate surface area is 105 Å². The van der Waals surface area contributed by atoms with E-state index < -0.39 is 0 Å². The van der Waals surface area contributed by atoms with Crippen molar-refractivity contribution in [3.63, 3.8) is 0 Å². The zero-order valence-corrected chi connectivity index (χ0v) is 11.0. The molecule has 1 N–H and O–H groups in total. The summed E-state index contributed by atoms with van der Waals surface area (Å²) < 4.78 is 0. The van der Waals surface area contributed by atoms with E-state index in [0.29, 0.717) is 5.84 Å². The van der Waals surface area contributed by atoms with Crippen molar-refractivity contribution in [2.45, 2.75) is 32.7 Å². The van der Waals surface area contributed by atoms with Crippen LogP contribution in [-0.2, 0) is 0 Å². The normalized spacial score (nSPS) is 17.5. The van der Waals surface area contributed by atoms with Crippen molar-refractivity contribution >= 4 is 5.84 Å². The summed E-state index contributed by atoms with van der Waals surface area (Å²) in [6.07, 6.45) is 16.6. The summed E-state index contributed by atoms with van der Waals surface area (Å²) in [5.74, 6) is 0.596. The molecule has 1 unspecified atom stereocenters. The summed E-state index contributed by atoms with van der Waals surface area (Å²) in [6, 6.07) is 0.231. The Morgan fingerprint density at radius 2 is 2.18 bits per heavy atom. The van der Waals surface area contributed by atoms with E-state index in [9.17, 15) is 0 Å². The molecule has 1 aliphatic rings. The van der Waals surface area contributed by atoms with Gasteiger partial charge >= 0.3 is 0 Å². The van der Waals surface area contributed by atoms with Gasteiger partial charge in [0, 0.05) is 18.7 Å². The Morgan fingerprint density at radius 3 is 2.76 bits per heavy atom. The standard InChI is InChI=1S/C15H22N2/c1-4-5-7-10-13(2)17(3)15(16)14-11-8-6-9-12-14/h4-5,7-8,10-13,16H,6,9H2,1-3H3/b5-4-,10-7-,16-15?. The highest BCUT2D eigenvalue weighted by Crippen LogP contribution is 2.13. The predicted molar refractivity (Wildman–Crippen MR) is 75.4 cm³/mol. The van der Waals surface area contributed by atoms with Gasteiger partial charge in [-0.3, -0.25) is 5.41 Å². The Hall–Kier alpha value is -1.57. The van der Waals surface area contributed by atoms with Crippen molar-refractivity contribution in [2.24, 2.45) is 0 Å². The lowest BCUT2D eigenvalue weighted by Gasteiger charge is -2.26. The highest BCUT2D eigenvalue weighted by molar-refractivity contribution is 5.98. The first-order valence-electron chi connectivity index (χ1n) is 6.14. The van der Waals surface area contributed by atoms with Gasteiger partial charge in [0.1, 0.15) is 5.84 Å². The zero-order chi connectivity index (χ0) is 12.7. The molecule has 1 atom stereocenters. The Kier molecular flexibility index (Phi) is 5.47. The summed E-state index contributed by atoms with van der Waals surface area (Å²) in [5.41, 5.74) is 1.03. The lowest BCUT2D eigenvalue weighted by molar-refractivity contribution is 0.450. The minimum atomic E-state index is 0.231. The maximum atomic E-state index is 8.15. The molecule has 0 aromatic rings. The molecule has 0 saturated carbocycles. The summed E-state index contributed by atoms with van der Waals surface area (Å²) in [4.78, 5) is 1.99. The number of likely N-dealkylation sites (N-methyl/N-ethyl adjacent to an activating group) is 1. The molecule has 0 fully saturated rings. The van der Waals surface area contributed by atoms with Gasteiger partial charge in [-0.25, -0.2) is 0 Å². The molecule has 17 heavy (non-hydrogen) atoms. The zero-order valence-electron chi connectivity index (χ0n) is 11.0. The molecule has 0 aromatic carbocycles. The molecular formula is C15H22N2. The third-order valence-corrected chi connectivity index (χ3v) is 2.93. The Balaban J connectivity index is 2.62. The van der Waals surface area contributed by atoms with Gasteiger partial charge < -0.3 is 4.90 Å². The Bertz CT molecular complexity index is 372. The lowest BCUT2D eigenvalue weighted by atomic mass is 10.1. The molecule has 0 aromatic heterocycles. The topological polar surface area (TPSA) is 27.1 Å². The van der Waals surface area contributed by atoms with Crippen molar-refractivity contribution < 1.29 is 0 Å². The fourth-order valence-electron chi connectivity index (χ4n) is 1.66. The average Bonchev–Trinajstić information content (AvgIpc) is 2.38. The summed E-state index contributed by atoms with van der Waals surface area (Å²) in [6.45, 7) is 4.10. The van der Waals surface area contributed by atoms with E-state index in [1.807, 2.05) is 43.2 Å². The van der Waals surface area contributed by atoms with E-state index in [0.717, 1.165) is 18.4 Å². The maximum absolute atomic E-state index is 8.15. The van der Waals surface area contributed by atoms with Gasteiger partial charge in [0.2, 0.25) is 0 Å². The third kappa shape index (κ3) is 4.06. The average molecular weight is 230 g/mol. The van der Waals surface area contributed by atoms with Gasteiger partial charge in [-0.2, -0.15) is 0 Å². The molecule has 92 valence electrons. The largest absolute Gasteiger partial charge is 0.354 e. The molecule has 1 aliphatic carbocycles. The molecule has 0 aliphatic heterocycles. The molecule has 2 nitrogen and oxygen atoms in total. The van der Waals surface area contributed by atoms with E-state index in [-0.39, 0.29) is 6.04 Å². The predicted octanol–water partition coefficient (Wildman–Crippen LogP) is 3.69. The van der Waals surface area contributed by atoms with E-state index in [1.54, 1.807) is 0 Å². The van der Waals surface area contributed by atoms with Crippen molar-refractivity contribution in [3.05, 3.63) is 48.1 Å². The number of hydrogen-bond donors (Lipinski definition) is 1. The van der Waals surface area contributed by atoms with Crippen LogP contribution in [-0.4, -0.2) is 23.8 Å². The summed E-state index contributed by atoms with van der Waals surface area (Å²) in [5, 5.41) is 8.15. The van der Waals surface area contributed by atoms with Crippen molar-refractivity contribution in [3.8, 4) is 0 Å². The molecule has 2 heteroatoms. The Morgan fingerprint density at radius 1 is 1.41 bits per heavy atom. The van der Waals surface area contributed by atoms with E-state index >= 15 is 0 Å². The molecule has 0 spiro atoms. The van der Waals surface area contributed by atoms with Crippen LogP contribution in [0, 0.1) is 5.41 Å². The third-order valence-electron chi connectivity index (χ3n) is 2.93. The van der Waals surface area contributed by atoms with Crippen LogP contribution in [0.25, 0.3) is 0 Å². The summed E-state index contributed by atoms with van der Waals surface area (Å²) in [7, 11) is 1.97. The van der Waals surface area contributed by atoms with Crippen molar-refractivity contribution in [1.82, 2.24) is 4.90 Å². The molecule has 0 amide bonds. The number of amidine groups is 1. The van der Waals surface area contributed by atoms with Gasteiger partial charge in [0.15, 0.2) is 0 Å². The number of nitrogens with zero attached hydrogens (tertiary/aromatic N) is 1. The fraction of sp³-hybridized carbons (Fsp3) is 0.400. The molecule has 1 rings (SSSR count). The van der Waals surface area contributed by atoms with Crippen LogP contribution >= 0.6 is 0 Å². The SMILES string of the molecule is C/C=C\C=C/C(C)N(C)C(=N)C1=CCCC=C1. The van der Waals surface area contributed by atoms with Crippen molar-refractivity contribution in [2.75, 3.05) is 7.05 Å². The van der Waals surface area contributed by atoms with Crippen LogP contribution in [0.5, 0.6) is 0 Å². The van der Waals surface area contributed by atoms with Gasteiger partial charge in [0.05, 0.1) is 0 Å². The van der Waals surface area contributed by atoms with Gasteiger partial charge in [-0.1, -0.05) is 42.5 Å². The highest BCUT2D eigenvalue weighted by atomic mass is 15.2. The minimum Gasteiger partial charge on any atom is -0.354 e. The minimum absolute atomic E-state index is 0.231. The highest BCUT2D eigenvalue weighted by Gasteiger charge is 2.13. The van der Waals surface area contributed by atoms with Crippen LogP contribution < -0.4 is 0 Å². The number of rotatable bonds is 4. The first kappa shape index (κ1) is 13.5. The molecule has 0 radical (unpaired) electrons. The lowest BCUT2D eigenvalue weighted by Crippen LogP contribution is -2.34. The van der Waals surface area contributed by atoms with Crippen LogP contribution in [0.4, 0.5) is 0 Å². The monoisotopic (exact) mass is 230 g/mol. The first-order chi connectivity index (χ1) is 8.16. The number of nitrogens with one attached hydrogen (secondary N) is 1. The molecule has 0 bridgehead atoms. The molecule has 0 saturated heterocycles. The van der Waals surface area contributed by atoms with Crippen molar-refractivity contribution in [1.29, 1.82) is 5.41 Å². The van der Waals surface area contributed by atoms with E-state index in [2.05, 4.69) is 25.2 Å². The molecule has 0 heterocycles. The second-order valence-corrected chi connectivity index (χ2v) is 4.25. The van der Waals surface area contributed by atoms with Crippen LogP contribution in [0.1, 0.15) is 26.7 Å². The molecular weight excluding hydrogens is 208 g/mol. The van der Waals surface area contributed by atoms with Gasteiger partial charge in [-0.05, 0) is 26.7 Å². The fourth-order valence-corrected chi connectivity index (χ4v) is 1.66. The quantitative estimate of drug-likeness (QED) is 0.445. The smallest absolute Gasteiger partial charge is 0.127 e. The maximum Gasteiger partial charge on any atom is 0.127 e. The van der Waals surface area contributed by atoms with E-state index in [1.165, 1.54) is 0 Å². The summed E-state index contributed by atoms with van der Waals surface area (Å²) >= 11 is 0. The van der Waals surface area contributed by atoms with Crippen LogP contribution in [0.3, 0.4) is 0 Å². The second kappa shape index (κ2) is 6.89.